The minimum absolute atomic E-state index is 0.0582. The molecule has 1 aliphatic rings. The number of esters is 1. The van der Waals surface area contributed by atoms with Gasteiger partial charge in [-0.25, -0.2) is 4.79 Å². The molecular weight excluding hydrogens is 284 g/mol. The minimum atomic E-state index is -0.405. The predicted octanol–water partition coefficient (Wildman–Crippen LogP) is 1.90. The van der Waals surface area contributed by atoms with Crippen LogP contribution in [0.4, 0.5) is 5.69 Å². The molecule has 0 radical (unpaired) electrons. The van der Waals surface area contributed by atoms with Crippen LogP contribution in [-0.4, -0.2) is 50.1 Å². The second kappa shape index (κ2) is 7.15. The van der Waals surface area contributed by atoms with E-state index in [1.807, 2.05) is 6.92 Å². The molecule has 0 spiro atoms. The van der Waals surface area contributed by atoms with Crippen LogP contribution in [-0.2, 0) is 9.53 Å². The smallest absolute Gasteiger partial charge is 0.328 e. The summed E-state index contributed by atoms with van der Waals surface area (Å²) in [7, 11) is 3.13. The Morgan fingerprint density at radius 2 is 2.27 bits per heavy atom. The van der Waals surface area contributed by atoms with Crippen LogP contribution in [0.5, 0.6) is 5.75 Å². The molecule has 1 heterocycles. The number of fused-ring (bicyclic) bond motifs is 1. The van der Waals surface area contributed by atoms with E-state index in [1.165, 1.54) is 7.11 Å². The molecule has 1 unspecified atom stereocenters. The monoisotopic (exact) mass is 306 g/mol. The Morgan fingerprint density at radius 3 is 2.95 bits per heavy atom. The van der Waals surface area contributed by atoms with Gasteiger partial charge in [0.1, 0.15) is 18.4 Å². The molecule has 1 aromatic rings. The molecule has 1 atom stereocenters. The van der Waals surface area contributed by atoms with Gasteiger partial charge in [-0.05, 0) is 18.6 Å². The van der Waals surface area contributed by atoms with Crippen molar-refractivity contribution in [2.24, 2.45) is 0 Å². The number of carbonyl (C=O) groups is 2. The fourth-order valence-electron chi connectivity index (χ4n) is 2.39. The van der Waals surface area contributed by atoms with Gasteiger partial charge in [0, 0.05) is 18.8 Å². The van der Waals surface area contributed by atoms with Crippen LogP contribution >= 0.6 is 0 Å². The molecule has 0 fully saturated rings. The summed E-state index contributed by atoms with van der Waals surface area (Å²) < 4.78 is 10.4. The summed E-state index contributed by atoms with van der Waals surface area (Å²) in [5, 5.41) is 3.15. The third-order valence-corrected chi connectivity index (χ3v) is 3.65. The van der Waals surface area contributed by atoms with Crippen LogP contribution in [0.3, 0.4) is 0 Å². The number of nitrogens with one attached hydrogen (secondary N) is 1. The van der Waals surface area contributed by atoms with E-state index in [0.717, 1.165) is 12.1 Å². The lowest BCUT2D eigenvalue weighted by Gasteiger charge is -2.18. The molecule has 1 aliphatic heterocycles. The molecule has 0 saturated carbocycles. The van der Waals surface area contributed by atoms with Crippen molar-refractivity contribution in [2.45, 2.75) is 25.8 Å². The Bertz CT molecular complexity index is 559. The van der Waals surface area contributed by atoms with Gasteiger partial charge in [-0.2, -0.15) is 0 Å². The van der Waals surface area contributed by atoms with Gasteiger partial charge in [0.25, 0.3) is 5.91 Å². The summed E-state index contributed by atoms with van der Waals surface area (Å²) in [6.45, 7) is 3.01. The fraction of sp³-hybridized carbons (Fsp3) is 0.500. The predicted molar refractivity (Wildman–Crippen MR) is 83.2 cm³/mol. The molecule has 6 nitrogen and oxygen atoms in total. The molecule has 120 valence electrons. The van der Waals surface area contributed by atoms with E-state index in [-0.39, 0.29) is 11.9 Å². The summed E-state index contributed by atoms with van der Waals surface area (Å²) in [5.74, 6) is 0.185. The van der Waals surface area contributed by atoms with Crippen molar-refractivity contribution >= 4 is 17.6 Å². The summed E-state index contributed by atoms with van der Waals surface area (Å²) >= 11 is 0. The van der Waals surface area contributed by atoms with Gasteiger partial charge < -0.3 is 19.7 Å². The second-order valence-electron chi connectivity index (χ2n) is 5.29. The van der Waals surface area contributed by atoms with Crippen LogP contribution in [0.2, 0.25) is 0 Å². The third-order valence-electron chi connectivity index (χ3n) is 3.65. The molecule has 1 aromatic carbocycles. The number of rotatable bonds is 5. The lowest BCUT2D eigenvalue weighted by molar-refractivity contribution is -0.141. The number of hydrogen-bond donors (Lipinski definition) is 1. The number of methoxy groups -OCH3 is 1. The van der Waals surface area contributed by atoms with Crippen molar-refractivity contribution in [3.8, 4) is 5.75 Å². The zero-order chi connectivity index (χ0) is 16.1. The molecule has 0 saturated heterocycles. The lowest BCUT2D eigenvalue weighted by Crippen LogP contribution is -2.30. The maximum absolute atomic E-state index is 12.2. The Kier molecular flexibility index (Phi) is 5.25. The largest absolute Gasteiger partial charge is 0.491 e. The molecule has 0 aromatic heterocycles. The number of amides is 1. The third kappa shape index (κ3) is 3.50. The van der Waals surface area contributed by atoms with Crippen molar-refractivity contribution in [3.05, 3.63) is 23.8 Å². The topological polar surface area (TPSA) is 67.9 Å². The normalized spacial score (nSPS) is 15.4. The fourth-order valence-corrected chi connectivity index (χ4v) is 2.39. The zero-order valence-electron chi connectivity index (χ0n) is 13.2. The lowest BCUT2D eigenvalue weighted by atomic mass is 10.1. The number of nitrogens with zero attached hydrogens (tertiary/aromatic N) is 1. The Labute approximate surface area is 130 Å². The molecule has 2 rings (SSSR count). The molecule has 22 heavy (non-hydrogen) atoms. The van der Waals surface area contributed by atoms with Gasteiger partial charge in [0.2, 0.25) is 0 Å². The highest BCUT2D eigenvalue weighted by atomic mass is 16.5. The van der Waals surface area contributed by atoms with Crippen LogP contribution in [0.1, 0.15) is 30.1 Å². The van der Waals surface area contributed by atoms with Gasteiger partial charge in [0.05, 0.1) is 19.2 Å². The summed E-state index contributed by atoms with van der Waals surface area (Å²) in [5.41, 5.74) is 1.27. The highest BCUT2D eigenvalue weighted by Crippen LogP contribution is 2.27. The maximum atomic E-state index is 12.2. The van der Waals surface area contributed by atoms with Crippen molar-refractivity contribution in [2.75, 3.05) is 32.6 Å². The van der Waals surface area contributed by atoms with Crippen LogP contribution in [0, 0.1) is 0 Å². The van der Waals surface area contributed by atoms with E-state index < -0.39 is 6.04 Å². The summed E-state index contributed by atoms with van der Waals surface area (Å²) in [4.78, 5) is 25.6. The van der Waals surface area contributed by atoms with E-state index in [2.05, 4.69) is 5.32 Å². The number of carbonyl (C=O) groups excluding carboxylic acids is 2. The number of benzene rings is 1. The first-order chi connectivity index (χ1) is 10.6. The average Bonchev–Trinajstić information content (AvgIpc) is 2.66. The first-order valence-electron chi connectivity index (χ1n) is 7.43. The van der Waals surface area contributed by atoms with Crippen molar-refractivity contribution < 1.29 is 19.1 Å². The Balaban J connectivity index is 2.21. The van der Waals surface area contributed by atoms with Gasteiger partial charge in [0.15, 0.2) is 0 Å². The SMILES string of the molecule is CCCC(Nc1ccc2c(c1)OCCN(C)C2=O)C(=O)OC. The molecule has 0 bridgehead atoms. The number of anilines is 1. The van der Waals surface area contributed by atoms with Crippen molar-refractivity contribution in [3.63, 3.8) is 0 Å². The Hall–Kier alpha value is -2.24. The second-order valence-corrected chi connectivity index (χ2v) is 5.29. The quantitative estimate of drug-likeness (QED) is 0.842. The zero-order valence-corrected chi connectivity index (χ0v) is 13.2. The number of ether oxygens (including phenoxy) is 2. The minimum Gasteiger partial charge on any atom is -0.491 e. The van der Waals surface area contributed by atoms with Crippen molar-refractivity contribution in [1.82, 2.24) is 4.90 Å². The first kappa shape index (κ1) is 16.1. The van der Waals surface area contributed by atoms with E-state index in [9.17, 15) is 9.59 Å². The summed E-state index contributed by atoms with van der Waals surface area (Å²) in [6.07, 6.45) is 1.53. The molecular formula is C16H22N2O4. The molecule has 1 amide bonds. The van der Waals surface area contributed by atoms with Gasteiger partial charge in [-0.3, -0.25) is 4.79 Å². The van der Waals surface area contributed by atoms with Crippen LogP contribution in [0.25, 0.3) is 0 Å². The average molecular weight is 306 g/mol. The highest BCUT2D eigenvalue weighted by Gasteiger charge is 2.22. The molecule has 0 aliphatic carbocycles. The van der Waals surface area contributed by atoms with E-state index >= 15 is 0 Å². The van der Waals surface area contributed by atoms with Crippen LogP contribution < -0.4 is 10.1 Å². The highest BCUT2D eigenvalue weighted by molar-refractivity contribution is 5.97. The molecule has 6 heteroatoms. The number of hydrogen-bond acceptors (Lipinski definition) is 5. The van der Waals surface area contributed by atoms with Gasteiger partial charge in [-0.15, -0.1) is 0 Å². The summed E-state index contributed by atoms with van der Waals surface area (Å²) in [6, 6.07) is 4.86. The van der Waals surface area contributed by atoms with Crippen molar-refractivity contribution in [1.29, 1.82) is 0 Å². The van der Waals surface area contributed by atoms with Crippen LogP contribution in [0.15, 0.2) is 18.2 Å². The van der Waals surface area contributed by atoms with E-state index in [4.69, 9.17) is 9.47 Å². The first-order valence-corrected chi connectivity index (χ1v) is 7.43. The van der Waals surface area contributed by atoms with Gasteiger partial charge in [-0.1, -0.05) is 13.3 Å². The van der Waals surface area contributed by atoms with E-state index in [1.54, 1.807) is 30.1 Å². The maximum Gasteiger partial charge on any atom is 0.328 e. The van der Waals surface area contributed by atoms with Gasteiger partial charge >= 0.3 is 5.97 Å². The standard InChI is InChI=1S/C16H22N2O4/c1-4-5-13(16(20)21-3)17-11-6-7-12-14(10-11)22-9-8-18(2)15(12)19/h6-7,10,13,17H,4-5,8-9H2,1-3H3. The Morgan fingerprint density at radius 1 is 1.50 bits per heavy atom. The molecule has 1 N–H and O–H groups in total. The number of likely N-dealkylation sites (N-methyl/N-ethyl adjacent to an activating group) is 1. The van der Waals surface area contributed by atoms with E-state index in [0.29, 0.717) is 30.9 Å².